The molecular weight excluding hydrogens is 258 g/mol. The number of hydrogen-bond donors (Lipinski definition) is 1. The third-order valence-corrected chi connectivity index (χ3v) is 5.03. The van der Waals surface area contributed by atoms with Crippen molar-refractivity contribution in [3.8, 4) is 0 Å². The molecule has 0 spiro atoms. The summed E-state index contributed by atoms with van der Waals surface area (Å²) in [6, 6.07) is -0.0351. The Morgan fingerprint density at radius 1 is 0.947 bits per heavy atom. The van der Waals surface area contributed by atoms with Crippen molar-refractivity contribution >= 4 is 10.0 Å². The predicted molar refractivity (Wildman–Crippen MR) is 83.8 cm³/mol. The minimum atomic E-state index is -3.13. The average molecular weight is 292 g/mol. The van der Waals surface area contributed by atoms with E-state index < -0.39 is 10.0 Å². The van der Waals surface area contributed by atoms with Gasteiger partial charge in [0.15, 0.2) is 0 Å². The minimum absolute atomic E-state index is 0.0351. The molecule has 0 saturated carbocycles. The van der Waals surface area contributed by atoms with Crippen LogP contribution in [-0.4, -0.2) is 20.2 Å². The zero-order valence-corrected chi connectivity index (χ0v) is 14.7. The quantitative estimate of drug-likeness (QED) is 0.722. The summed E-state index contributed by atoms with van der Waals surface area (Å²) in [5, 5.41) is 0. The Kier molecular flexibility index (Phi) is 7.04. The van der Waals surface area contributed by atoms with Gasteiger partial charge in [0.25, 0.3) is 0 Å². The SMILES string of the molecule is CC(NS(=O)(=O)CCCCCC(C)(C)C)C(C)(C)C. The molecule has 4 heteroatoms. The smallest absolute Gasteiger partial charge is 0.211 e. The Labute approximate surface area is 120 Å². The summed E-state index contributed by atoms with van der Waals surface area (Å²) in [5.74, 6) is 0.248. The van der Waals surface area contributed by atoms with Gasteiger partial charge in [0.05, 0.1) is 5.75 Å². The summed E-state index contributed by atoms with van der Waals surface area (Å²) in [6.07, 6.45) is 4.00. The number of sulfonamides is 1. The highest BCUT2D eigenvalue weighted by molar-refractivity contribution is 7.89. The molecule has 1 N–H and O–H groups in total. The van der Waals surface area contributed by atoms with Crippen LogP contribution in [0.15, 0.2) is 0 Å². The molecule has 0 aliphatic rings. The lowest BCUT2D eigenvalue weighted by Crippen LogP contribution is -2.42. The van der Waals surface area contributed by atoms with Crippen LogP contribution in [0.4, 0.5) is 0 Å². The standard InChI is InChI=1S/C15H33NO2S/c1-13(15(5,6)7)16-19(17,18)12-10-8-9-11-14(2,3)4/h13,16H,8-12H2,1-7H3. The van der Waals surface area contributed by atoms with Crippen LogP contribution in [-0.2, 0) is 10.0 Å². The first-order valence-electron chi connectivity index (χ1n) is 7.33. The van der Waals surface area contributed by atoms with E-state index in [1.807, 2.05) is 27.7 Å². The molecule has 0 aromatic carbocycles. The molecule has 1 atom stereocenters. The van der Waals surface area contributed by atoms with Crippen LogP contribution in [0.2, 0.25) is 0 Å². The first kappa shape index (κ1) is 18.9. The van der Waals surface area contributed by atoms with Crippen molar-refractivity contribution in [2.24, 2.45) is 10.8 Å². The van der Waals surface area contributed by atoms with Gasteiger partial charge in [-0.3, -0.25) is 0 Å². The van der Waals surface area contributed by atoms with Crippen LogP contribution in [0.3, 0.4) is 0 Å². The van der Waals surface area contributed by atoms with Gasteiger partial charge in [0.2, 0.25) is 10.0 Å². The number of hydrogen-bond acceptors (Lipinski definition) is 2. The summed E-state index contributed by atoms with van der Waals surface area (Å²) >= 11 is 0. The topological polar surface area (TPSA) is 46.2 Å². The summed E-state index contributed by atoms with van der Waals surface area (Å²) < 4.78 is 26.6. The van der Waals surface area contributed by atoms with Gasteiger partial charge < -0.3 is 0 Å². The highest BCUT2D eigenvalue weighted by atomic mass is 32.2. The molecule has 19 heavy (non-hydrogen) atoms. The second-order valence-corrected chi connectivity index (χ2v) is 9.77. The molecule has 0 aromatic heterocycles. The third kappa shape index (κ3) is 10.4. The molecule has 0 rings (SSSR count). The van der Waals surface area contributed by atoms with Crippen LogP contribution in [0.25, 0.3) is 0 Å². The van der Waals surface area contributed by atoms with E-state index in [-0.39, 0.29) is 17.2 Å². The Morgan fingerprint density at radius 3 is 1.89 bits per heavy atom. The molecule has 0 amide bonds. The molecule has 0 aliphatic carbocycles. The van der Waals surface area contributed by atoms with E-state index in [0.717, 1.165) is 25.7 Å². The van der Waals surface area contributed by atoms with Gasteiger partial charge in [0, 0.05) is 6.04 Å². The molecule has 0 aromatic rings. The van der Waals surface area contributed by atoms with Crippen molar-refractivity contribution in [3.05, 3.63) is 0 Å². The van der Waals surface area contributed by atoms with Crippen LogP contribution >= 0.6 is 0 Å². The molecule has 3 nitrogen and oxygen atoms in total. The van der Waals surface area contributed by atoms with E-state index in [9.17, 15) is 8.42 Å². The van der Waals surface area contributed by atoms with Gasteiger partial charge in [0.1, 0.15) is 0 Å². The lowest BCUT2D eigenvalue weighted by Gasteiger charge is -2.27. The van der Waals surface area contributed by atoms with E-state index >= 15 is 0 Å². The van der Waals surface area contributed by atoms with Crippen LogP contribution < -0.4 is 4.72 Å². The highest BCUT2D eigenvalue weighted by Crippen LogP contribution is 2.22. The normalized spacial score (nSPS) is 15.5. The maximum atomic E-state index is 11.9. The highest BCUT2D eigenvalue weighted by Gasteiger charge is 2.24. The van der Waals surface area contributed by atoms with Gasteiger partial charge in [-0.1, -0.05) is 54.4 Å². The molecule has 116 valence electrons. The van der Waals surface area contributed by atoms with Crippen molar-refractivity contribution in [1.82, 2.24) is 4.72 Å². The molecule has 1 unspecified atom stereocenters. The molecular formula is C15H33NO2S. The lowest BCUT2D eigenvalue weighted by molar-refractivity contribution is 0.317. The molecule has 0 fully saturated rings. The van der Waals surface area contributed by atoms with Crippen LogP contribution in [0.1, 0.15) is 74.1 Å². The van der Waals surface area contributed by atoms with Gasteiger partial charge in [-0.15, -0.1) is 0 Å². The van der Waals surface area contributed by atoms with Crippen molar-refractivity contribution in [1.29, 1.82) is 0 Å². The van der Waals surface area contributed by atoms with Crippen molar-refractivity contribution < 1.29 is 8.42 Å². The van der Waals surface area contributed by atoms with E-state index in [1.54, 1.807) is 0 Å². The fraction of sp³-hybridized carbons (Fsp3) is 1.00. The lowest BCUT2D eigenvalue weighted by atomic mass is 9.89. The van der Waals surface area contributed by atoms with Gasteiger partial charge >= 0.3 is 0 Å². The monoisotopic (exact) mass is 291 g/mol. The zero-order valence-electron chi connectivity index (χ0n) is 13.8. The summed E-state index contributed by atoms with van der Waals surface area (Å²) in [4.78, 5) is 0. The maximum absolute atomic E-state index is 11.9. The molecule has 0 radical (unpaired) electrons. The van der Waals surface area contributed by atoms with Crippen LogP contribution in [0, 0.1) is 10.8 Å². The predicted octanol–water partition coefficient (Wildman–Crippen LogP) is 3.95. The summed E-state index contributed by atoms with van der Waals surface area (Å²) in [7, 11) is -3.13. The van der Waals surface area contributed by atoms with Gasteiger partial charge in [-0.25, -0.2) is 13.1 Å². The van der Waals surface area contributed by atoms with E-state index in [1.165, 1.54) is 0 Å². The molecule has 0 saturated heterocycles. The van der Waals surface area contributed by atoms with Gasteiger partial charge in [-0.2, -0.15) is 0 Å². The Morgan fingerprint density at radius 2 is 1.47 bits per heavy atom. The van der Waals surface area contributed by atoms with Crippen molar-refractivity contribution in [2.45, 2.75) is 80.2 Å². The summed E-state index contributed by atoms with van der Waals surface area (Å²) in [5.41, 5.74) is 0.303. The number of nitrogens with one attached hydrogen (secondary N) is 1. The van der Waals surface area contributed by atoms with E-state index in [0.29, 0.717) is 5.41 Å². The Balaban J connectivity index is 4.00. The summed E-state index contributed by atoms with van der Waals surface area (Å²) in [6.45, 7) is 14.7. The first-order valence-corrected chi connectivity index (χ1v) is 8.99. The third-order valence-electron chi connectivity index (χ3n) is 3.50. The zero-order chi connectivity index (χ0) is 15.3. The number of unbranched alkanes of at least 4 members (excludes halogenated alkanes) is 2. The van der Waals surface area contributed by atoms with E-state index in [4.69, 9.17) is 0 Å². The molecule has 0 aliphatic heterocycles. The minimum Gasteiger partial charge on any atom is -0.212 e. The fourth-order valence-corrected chi connectivity index (χ4v) is 3.22. The molecule has 0 heterocycles. The molecule has 0 bridgehead atoms. The fourth-order valence-electron chi connectivity index (χ4n) is 1.63. The van der Waals surface area contributed by atoms with Crippen molar-refractivity contribution in [3.63, 3.8) is 0 Å². The number of rotatable bonds is 7. The second-order valence-electron chi connectivity index (χ2n) is 7.90. The largest absolute Gasteiger partial charge is 0.212 e. The Bertz CT molecular complexity index is 347. The average Bonchev–Trinajstić information content (AvgIpc) is 2.12. The first-order chi connectivity index (χ1) is 8.33. The Hall–Kier alpha value is -0.0900. The van der Waals surface area contributed by atoms with Gasteiger partial charge in [-0.05, 0) is 30.6 Å². The maximum Gasteiger partial charge on any atom is 0.211 e. The van der Waals surface area contributed by atoms with Crippen LogP contribution in [0.5, 0.6) is 0 Å². The van der Waals surface area contributed by atoms with E-state index in [2.05, 4.69) is 25.5 Å². The van der Waals surface area contributed by atoms with Crippen molar-refractivity contribution in [2.75, 3.05) is 5.75 Å². The second kappa shape index (κ2) is 7.07.